The SMILES string of the molecule is CC(C)(C)c1cc(-c2c3cc4c(cc3c(-c3cc(C(C)(C)C)cc(C(C)(C)C)c3)c3c5cc6cccc7ccc8ccc(c23)c5c8c76)c2cccc3cccc4c32)cc(C(C)(C)C)c1. The average molecular weight is 827 g/mol. The molecule has 314 valence electrons. The van der Waals surface area contributed by atoms with Crippen molar-refractivity contribution in [1.82, 2.24) is 0 Å². The highest BCUT2D eigenvalue weighted by Crippen LogP contribution is 2.56. The third-order valence-corrected chi connectivity index (χ3v) is 15.0. The second-order valence-electron chi connectivity index (χ2n) is 23.4. The smallest absolute Gasteiger partial charge is 0.000718 e. The van der Waals surface area contributed by atoms with Crippen molar-refractivity contribution in [3.05, 3.63) is 156 Å². The molecule has 0 radical (unpaired) electrons. The van der Waals surface area contributed by atoms with Gasteiger partial charge in [-0.2, -0.15) is 0 Å². The first-order valence-electron chi connectivity index (χ1n) is 23.5. The first-order valence-corrected chi connectivity index (χ1v) is 23.5. The van der Waals surface area contributed by atoms with Crippen LogP contribution in [0.4, 0.5) is 0 Å². The van der Waals surface area contributed by atoms with Crippen LogP contribution in [0.1, 0.15) is 105 Å². The summed E-state index contributed by atoms with van der Waals surface area (Å²) in [5, 5.41) is 24.2. The Bertz CT molecular complexity index is 3830. The summed E-state index contributed by atoms with van der Waals surface area (Å²) in [5.41, 5.74) is 10.6. The van der Waals surface area contributed by atoms with E-state index >= 15 is 0 Å². The molecule has 0 amide bonds. The maximum atomic E-state index is 2.61. The Labute approximate surface area is 377 Å². The number of benzene rings is 10. The van der Waals surface area contributed by atoms with Crippen molar-refractivity contribution < 1.29 is 0 Å². The maximum absolute atomic E-state index is 2.61. The number of hydrogen-bond donors (Lipinski definition) is 0. The van der Waals surface area contributed by atoms with E-state index in [1.165, 1.54) is 141 Å². The molecule has 0 bridgehead atoms. The maximum Gasteiger partial charge on any atom is -0.000718 e. The monoisotopic (exact) mass is 826 g/mol. The van der Waals surface area contributed by atoms with E-state index in [1.54, 1.807) is 0 Å². The van der Waals surface area contributed by atoms with Gasteiger partial charge in [-0.3, -0.25) is 0 Å². The van der Waals surface area contributed by atoms with Gasteiger partial charge in [-0.25, -0.2) is 0 Å². The van der Waals surface area contributed by atoms with E-state index in [1.807, 2.05) is 0 Å². The molecule has 0 nitrogen and oxygen atoms in total. The fourth-order valence-electron chi connectivity index (χ4n) is 11.4. The van der Waals surface area contributed by atoms with Crippen LogP contribution in [0.15, 0.2) is 133 Å². The fraction of sp³-hybridized carbons (Fsp3) is 0.250. The number of rotatable bonds is 2. The van der Waals surface area contributed by atoms with E-state index in [0.29, 0.717) is 0 Å². The zero-order chi connectivity index (χ0) is 44.6. The minimum absolute atomic E-state index is 0.0421. The second-order valence-corrected chi connectivity index (χ2v) is 23.4. The van der Waals surface area contributed by atoms with E-state index in [-0.39, 0.29) is 21.7 Å². The lowest BCUT2D eigenvalue weighted by molar-refractivity contribution is 0.568. The van der Waals surface area contributed by atoms with Crippen molar-refractivity contribution in [3.63, 3.8) is 0 Å². The highest BCUT2D eigenvalue weighted by molar-refractivity contribution is 6.46. The van der Waals surface area contributed by atoms with Crippen LogP contribution >= 0.6 is 0 Å². The van der Waals surface area contributed by atoms with Gasteiger partial charge in [0.05, 0.1) is 0 Å². The summed E-state index contributed by atoms with van der Waals surface area (Å²) in [5.74, 6) is 0. The molecule has 12 rings (SSSR count). The number of fused-ring (bicyclic) bond motifs is 7. The molecule has 0 spiro atoms. The Hall–Kier alpha value is -6.24. The van der Waals surface area contributed by atoms with Gasteiger partial charge in [0.2, 0.25) is 0 Å². The van der Waals surface area contributed by atoms with Crippen molar-refractivity contribution in [2.75, 3.05) is 0 Å². The van der Waals surface area contributed by atoms with Gasteiger partial charge >= 0.3 is 0 Å². The zero-order valence-corrected chi connectivity index (χ0v) is 39.7. The normalized spacial score (nSPS) is 13.6. The zero-order valence-electron chi connectivity index (χ0n) is 39.7. The van der Waals surface area contributed by atoms with E-state index in [9.17, 15) is 0 Å². The summed E-state index contributed by atoms with van der Waals surface area (Å²) in [4.78, 5) is 0. The summed E-state index contributed by atoms with van der Waals surface area (Å²) in [6.45, 7) is 28.5. The van der Waals surface area contributed by atoms with Crippen LogP contribution in [0, 0.1) is 0 Å². The molecule has 0 heterocycles. The molecule has 12 aromatic rings. The van der Waals surface area contributed by atoms with Crippen LogP contribution in [0.25, 0.3) is 119 Å². The van der Waals surface area contributed by atoms with Crippen molar-refractivity contribution in [3.8, 4) is 22.3 Å². The molecule has 0 atom stereocenters. The predicted molar refractivity (Wildman–Crippen MR) is 283 cm³/mol. The van der Waals surface area contributed by atoms with Gasteiger partial charge in [0.1, 0.15) is 0 Å². The molecule has 0 saturated heterocycles. The van der Waals surface area contributed by atoms with Gasteiger partial charge < -0.3 is 0 Å². The Morgan fingerprint density at radius 3 is 1.09 bits per heavy atom. The predicted octanol–water partition coefficient (Wildman–Crippen LogP) is 18.9. The lowest BCUT2D eigenvalue weighted by atomic mass is 9.76. The molecule has 0 aliphatic carbocycles. The molecular weight excluding hydrogens is 769 g/mol. The summed E-state index contributed by atoms with van der Waals surface area (Å²) < 4.78 is 0. The highest BCUT2D eigenvalue weighted by atomic mass is 14.3. The van der Waals surface area contributed by atoms with Crippen LogP contribution in [0.3, 0.4) is 0 Å². The van der Waals surface area contributed by atoms with Crippen LogP contribution in [0.2, 0.25) is 0 Å². The molecule has 0 saturated carbocycles. The van der Waals surface area contributed by atoms with Crippen LogP contribution < -0.4 is 0 Å². The van der Waals surface area contributed by atoms with Gasteiger partial charge in [0, 0.05) is 0 Å². The fourth-order valence-corrected chi connectivity index (χ4v) is 11.4. The van der Waals surface area contributed by atoms with E-state index < -0.39 is 0 Å². The third-order valence-electron chi connectivity index (χ3n) is 15.0. The Morgan fingerprint density at radius 2 is 0.625 bits per heavy atom. The summed E-state index contributed by atoms with van der Waals surface area (Å²) in [6, 6.07) is 53.1. The lowest BCUT2D eigenvalue weighted by Gasteiger charge is -2.28. The van der Waals surface area contributed by atoms with E-state index in [2.05, 4.69) is 217 Å². The summed E-state index contributed by atoms with van der Waals surface area (Å²) in [7, 11) is 0. The Kier molecular flexibility index (Phi) is 7.83. The summed E-state index contributed by atoms with van der Waals surface area (Å²) in [6.07, 6.45) is 0. The third kappa shape index (κ3) is 5.54. The first-order chi connectivity index (χ1) is 30.3. The van der Waals surface area contributed by atoms with E-state index in [4.69, 9.17) is 0 Å². The van der Waals surface area contributed by atoms with Gasteiger partial charge in [0.25, 0.3) is 0 Å². The molecule has 0 unspecified atom stereocenters. The molecule has 64 heavy (non-hydrogen) atoms. The van der Waals surface area contributed by atoms with Crippen molar-refractivity contribution in [2.45, 2.75) is 105 Å². The molecule has 0 fully saturated rings. The molecular formula is C64H58. The van der Waals surface area contributed by atoms with Crippen LogP contribution in [-0.4, -0.2) is 0 Å². The van der Waals surface area contributed by atoms with Gasteiger partial charge in [-0.05, 0) is 181 Å². The van der Waals surface area contributed by atoms with Crippen LogP contribution in [0.5, 0.6) is 0 Å². The highest BCUT2D eigenvalue weighted by Gasteiger charge is 2.30. The van der Waals surface area contributed by atoms with Crippen molar-refractivity contribution >= 4 is 97.0 Å². The molecule has 0 N–H and O–H groups in total. The van der Waals surface area contributed by atoms with Gasteiger partial charge in [-0.15, -0.1) is 0 Å². The van der Waals surface area contributed by atoms with Crippen molar-refractivity contribution in [2.24, 2.45) is 0 Å². The largest absolute Gasteiger partial charge is 0.0610 e. The molecule has 12 aromatic carbocycles. The quantitative estimate of drug-likeness (QED) is 0.152. The summed E-state index contributed by atoms with van der Waals surface area (Å²) >= 11 is 0. The second kappa shape index (κ2) is 12.7. The first kappa shape index (κ1) is 39.4. The minimum Gasteiger partial charge on any atom is -0.0610 e. The minimum atomic E-state index is -0.0436. The Balaban J connectivity index is 1.42. The average Bonchev–Trinajstić information content (AvgIpc) is 3.73. The molecule has 0 aliphatic rings. The van der Waals surface area contributed by atoms with Gasteiger partial charge in [0.15, 0.2) is 0 Å². The van der Waals surface area contributed by atoms with Gasteiger partial charge in [-0.1, -0.05) is 198 Å². The van der Waals surface area contributed by atoms with E-state index in [0.717, 1.165) is 0 Å². The lowest BCUT2D eigenvalue weighted by Crippen LogP contribution is -2.16. The molecule has 0 heteroatoms. The van der Waals surface area contributed by atoms with Crippen LogP contribution in [-0.2, 0) is 21.7 Å². The standard InChI is InChI=1S/C64H58/c1-61(2,3)41-26-39(27-42(31-41)62(4,5)6)55-50-33-48-45-20-14-17-35-18-15-21-46(54(35)45)49(48)34-51(50)56(40-28-43(63(7,8)9)32-44(29-40)64(10,11)12)60-52-30-38-19-13-16-36-22-23-37-24-25-47(59(55)60)58(52)57(37)53(36)38/h13-34H,1-12H3. The molecule has 0 aliphatic heterocycles. The molecule has 0 aromatic heterocycles. The topological polar surface area (TPSA) is 0 Å². The number of hydrogen-bond acceptors (Lipinski definition) is 0. The van der Waals surface area contributed by atoms with Crippen molar-refractivity contribution in [1.29, 1.82) is 0 Å². The Morgan fingerprint density at radius 1 is 0.234 bits per heavy atom.